The molecule has 0 heterocycles. The van der Waals surface area contributed by atoms with E-state index in [2.05, 4.69) is 0 Å². The molecule has 0 amide bonds. The number of carbonyl (C=O) groups is 2. The first-order valence-electron chi connectivity index (χ1n) is 5.17. The number of hydrogen-bond donors (Lipinski definition) is 4. The van der Waals surface area contributed by atoms with Gasteiger partial charge in [0.05, 0.1) is 6.61 Å². The third-order valence-electron chi connectivity index (χ3n) is 2.63. The van der Waals surface area contributed by atoms with Gasteiger partial charge in [-0.1, -0.05) is 6.08 Å². The first-order valence-corrected chi connectivity index (χ1v) is 5.17. The van der Waals surface area contributed by atoms with Gasteiger partial charge in [0, 0.05) is 0 Å². The Hall–Kier alpha value is -1.86. The van der Waals surface area contributed by atoms with Gasteiger partial charge in [-0.15, -0.1) is 0 Å². The fraction of sp³-hybridized carbons (Fsp3) is 0.455. The van der Waals surface area contributed by atoms with Crippen molar-refractivity contribution < 1.29 is 34.8 Å². The number of carboxylic acid groups (broad SMARTS) is 2. The molecule has 0 aromatic carbocycles. The molecule has 0 fully saturated rings. The molecule has 7 nitrogen and oxygen atoms in total. The van der Waals surface area contributed by atoms with Crippen molar-refractivity contribution in [2.45, 2.75) is 12.5 Å². The van der Waals surface area contributed by atoms with Crippen molar-refractivity contribution in [2.75, 3.05) is 13.2 Å². The number of ether oxygens (including phenoxy) is 1. The predicted molar refractivity (Wildman–Crippen MR) is 58.6 cm³/mol. The van der Waals surface area contributed by atoms with Crippen molar-refractivity contribution in [3.8, 4) is 0 Å². The van der Waals surface area contributed by atoms with Crippen molar-refractivity contribution in [1.82, 2.24) is 0 Å². The van der Waals surface area contributed by atoms with Gasteiger partial charge in [-0.2, -0.15) is 0 Å². The summed E-state index contributed by atoms with van der Waals surface area (Å²) in [5.41, 5.74) is -2.62. The Balaban J connectivity index is 3.21. The summed E-state index contributed by atoms with van der Waals surface area (Å²) in [6.45, 7) is 0.625. The quantitative estimate of drug-likeness (QED) is 0.516. The van der Waals surface area contributed by atoms with Crippen molar-refractivity contribution in [2.24, 2.45) is 5.92 Å². The van der Waals surface area contributed by atoms with E-state index in [1.165, 1.54) is 6.08 Å². The minimum atomic E-state index is -2.09. The van der Waals surface area contributed by atoms with Gasteiger partial charge < -0.3 is 25.2 Å². The lowest BCUT2D eigenvalue weighted by Gasteiger charge is -2.32. The van der Waals surface area contributed by atoms with Gasteiger partial charge in [0.1, 0.15) is 29.5 Å². The fourth-order valence-electron chi connectivity index (χ4n) is 1.78. The normalized spacial score (nSPS) is 27.2. The van der Waals surface area contributed by atoms with Gasteiger partial charge in [-0.05, 0) is 13.0 Å². The third-order valence-corrected chi connectivity index (χ3v) is 2.63. The van der Waals surface area contributed by atoms with Gasteiger partial charge in [0.2, 0.25) is 0 Å². The Bertz CT molecular complexity index is 419. The van der Waals surface area contributed by atoms with Gasteiger partial charge in [0.15, 0.2) is 0 Å². The number of aliphatic hydroxyl groups is 2. The van der Waals surface area contributed by atoms with E-state index in [-0.39, 0.29) is 19.0 Å². The van der Waals surface area contributed by atoms with Crippen LogP contribution in [-0.2, 0) is 14.3 Å². The van der Waals surface area contributed by atoms with E-state index in [0.717, 1.165) is 13.0 Å². The van der Waals surface area contributed by atoms with Crippen molar-refractivity contribution in [1.29, 1.82) is 0 Å². The predicted octanol–water partition coefficient (Wildman–Crippen LogP) is -0.644. The summed E-state index contributed by atoms with van der Waals surface area (Å²) in [6, 6.07) is 0. The van der Waals surface area contributed by atoms with E-state index >= 15 is 0 Å². The molecule has 0 aromatic rings. The molecule has 0 spiro atoms. The zero-order valence-corrected chi connectivity index (χ0v) is 9.66. The van der Waals surface area contributed by atoms with E-state index in [9.17, 15) is 14.7 Å². The highest BCUT2D eigenvalue weighted by atomic mass is 16.5. The van der Waals surface area contributed by atoms with Gasteiger partial charge in [-0.3, -0.25) is 4.79 Å². The third kappa shape index (κ3) is 2.52. The first kappa shape index (κ1) is 14.2. The van der Waals surface area contributed by atoms with Crippen LogP contribution < -0.4 is 0 Å². The molecule has 0 aliphatic heterocycles. The average molecular weight is 258 g/mol. The van der Waals surface area contributed by atoms with Crippen LogP contribution in [0.25, 0.3) is 0 Å². The maximum absolute atomic E-state index is 11.1. The second kappa shape index (κ2) is 5.19. The monoisotopic (exact) mass is 258 g/mol. The molecule has 0 saturated carbocycles. The molecular formula is C11H14O7. The van der Waals surface area contributed by atoms with E-state index < -0.39 is 29.0 Å². The van der Waals surface area contributed by atoms with Gasteiger partial charge in [-0.25, -0.2) is 4.79 Å². The zero-order valence-electron chi connectivity index (χ0n) is 9.66. The molecule has 7 heteroatoms. The number of carboxylic acids is 2. The molecule has 0 saturated heterocycles. The van der Waals surface area contributed by atoms with E-state index in [1.54, 1.807) is 0 Å². The molecule has 18 heavy (non-hydrogen) atoms. The summed E-state index contributed by atoms with van der Waals surface area (Å²) in [6.07, 6.45) is 2.33. The van der Waals surface area contributed by atoms with E-state index in [4.69, 9.17) is 20.1 Å². The summed E-state index contributed by atoms with van der Waals surface area (Å²) >= 11 is 0. The maximum Gasteiger partial charge on any atom is 0.338 e. The lowest BCUT2D eigenvalue weighted by atomic mass is 9.78. The lowest BCUT2D eigenvalue weighted by Crippen LogP contribution is -2.45. The average Bonchev–Trinajstić information content (AvgIpc) is 2.23. The highest BCUT2D eigenvalue weighted by molar-refractivity contribution is 5.93. The highest BCUT2D eigenvalue weighted by Gasteiger charge is 2.46. The van der Waals surface area contributed by atoms with Crippen LogP contribution in [0.15, 0.2) is 23.5 Å². The molecule has 2 unspecified atom stereocenters. The van der Waals surface area contributed by atoms with Crippen molar-refractivity contribution >= 4 is 11.9 Å². The molecule has 2 atom stereocenters. The van der Waals surface area contributed by atoms with Gasteiger partial charge in [0.25, 0.3) is 0 Å². The van der Waals surface area contributed by atoms with Crippen LogP contribution in [0.4, 0.5) is 0 Å². The standard InChI is InChI=1S/C11H14O7/c1-11(17)6(9(13)14)2-3-7(18-5-4-12)8(11)10(15)16/h2-3,6,12,17H,4-5H2,1H3,(H,13,14)(H,15,16). The number of hydrogen-bond acceptors (Lipinski definition) is 5. The van der Waals surface area contributed by atoms with Crippen LogP contribution in [-0.4, -0.2) is 51.2 Å². The first-order chi connectivity index (χ1) is 8.32. The molecule has 100 valence electrons. The fourth-order valence-corrected chi connectivity index (χ4v) is 1.78. The van der Waals surface area contributed by atoms with Crippen LogP contribution in [0.3, 0.4) is 0 Å². The van der Waals surface area contributed by atoms with Crippen molar-refractivity contribution in [3.05, 3.63) is 23.5 Å². The Morgan fingerprint density at radius 2 is 2.06 bits per heavy atom. The van der Waals surface area contributed by atoms with E-state index in [0.29, 0.717) is 0 Å². The zero-order chi connectivity index (χ0) is 13.9. The van der Waals surface area contributed by atoms with Crippen LogP contribution in [0.2, 0.25) is 0 Å². The van der Waals surface area contributed by atoms with Crippen LogP contribution in [0.1, 0.15) is 6.92 Å². The maximum atomic E-state index is 11.1. The number of aliphatic hydroxyl groups excluding tert-OH is 1. The minimum absolute atomic E-state index is 0.149. The summed E-state index contributed by atoms with van der Waals surface area (Å²) in [5, 5.41) is 36.7. The summed E-state index contributed by atoms with van der Waals surface area (Å²) in [4.78, 5) is 22.1. The smallest absolute Gasteiger partial charge is 0.338 e. The Morgan fingerprint density at radius 1 is 1.44 bits per heavy atom. The molecule has 4 N–H and O–H groups in total. The summed E-state index contributed by atoms with van der Waals surface area (Å²) in [5.74, 6) is -4.33. The molecule has 0 radical (unpaired) electrons. The summed E-state index contributed by atoms with van der Waals surface area (Å²) in [7, 11) is 0. The Kier molecular flexibility index (Phi) is 4.10. The van der Waals surface area contributed by atoms with E-state index in [1.807, 2.05) is 0 Å². The number of aliphatic carboxylic acids is 2. The molecule has 0 bridgehead atoms. The van der Waals surface area contributed by atoms with Gasteiger partial charge >= 0.3 is 11.9 Å². The highest BCUT2D eigenvalue weighted by Crippen LogP contribution is 2.34. The lowest BCUT2D eigenvalue weighted by molar-refractivity contribution is -0.147. The van der Waals surface area contributed by atoms with Crippen LogP contribution >= 0.6 is 0 Å². The SMILES string of the molecule is CC1(O)C(C(=O)O)=C(OCCO)C=CC1C(=O)O. The molecule has 1 rings (SSSR count). The molecular weight excluding hydrogens is 244 g/mol. The van der Waals surface area contributed by atoms with Crippen LogP contribution in [0.5, 0.6) is 0 Å². The second-order valence-electron chi connectivity index (χ2n) is 3.94. The van der Waals surface area contributed by atoms with Crippen LogP contribution in [0, 0.1) is 5.92 Å². The Morgan fingerprint density at radius 3 is 2.50 bits per heavy atom. The molecule has 1 aliphatic rings. The topological polar surface area (TPSA) is 124 Å². The minimum Gasteiger partial charge on any atom is -0.491 e. The van der Waals surface area contributed by atoms with Crippen molar-refractivity contribution in [3.63, 3.8) is 0 Å². The number of allylic oxidation sites excluding steroid dienone is 1. The summed E-state index contributed by atoms with van der Waals surface area (Å²) < 4.78 is 4.98. The molecule has 1 aliphatic carbocycles. The number of rotatable bonds is 5. The molecule has 0 aromatic heterocycles. The Labute approximate surface area is 103 Å². The second-order valence-corrected chi connectivity index (χ2v) is 3.94. The largest absolute Gasteiger partial charge is 0.491 e.